The molecule has 1 aliphatic rings. The molecule has 3 atom stereocenters. The Labute approximate surface area is 120 Å². The minimum Gasteiger partial charge on any atom is -0.490 e. The molecule has 1 aromatic carbocycles. The van der Waals surface area contributed by atoms with Crippen LogP contribution in [0.1, 0.15) is 44.3 Å². The Balaban J connectivity index is 2.04. The lowest BCUT2D eigenvalue weighted by Crippen LogP contribution is -2.33. The molecule has 0 aliphatic heterocycles. The van der Waals surface area contributed by atoms with Gasteiger partial charge < -0.3 is 9.84 Å². The lowest BCUT2D eigenvalue weighted by atomic mass is 9.97. The summed E-state index contributed by atoms with van der Waals surface area (Å²) in [6.45, 7) is 1.71. The molecule has 0 saturated heterocycles. The van der Waals surface area contributed by atoms with Crippen LogP contribution in [-0.4, -0.2) is 31.1 Å². The van der Waals surface area contributed by atoms with Gasteiger partial charge in [0, 0.05) is 12.7 Å². The number of sulfone groups is 1. The molecule has 0 heterocycles. The molecule has 1 aromatic rings. The third-order valence-corrected chi connectivity index (χ3v) is 5.47. The topological polar surface area (TPSA) is 63.6 Å². The quantitative estimate of drug-likeness (QED) is 0.927. The van der Waals surface area contributed by atoms with E-state index in [1.807, 2.05) is 24.3 Å². The van der Waals surface area contributed by atoms with E-state index in [4.69, 9.17) is 4.74 Å². The van der Waals surface area contributed by atoms with Crippen molar-refractivity contribution in [2.24, 2.45) is 0 Å². The van der Waals surface area contributed by atoms with Crippen molar-refractivity contribution in [2.75, 3.05) is 6.26 Å². The van der Waals surface area contributed by atoms with Crippen LogP contribution in [0.2, 0.25) is 0 Å². The second kappa shape index (κ2) is 6.14. The summed E-state index contributed by atoms with van der Waals surface area (Å²) in [5, 5.41) is 9.28. The lowest BCUT2D eigenvalue weighted by Gasteiger charge is -2.28. The molecule has 5 heteroatoms. The second-order valence-corrected chi connectivity index (χ2v) is 7.93. The number of aliphatic hydroxyl groups excluding tert-OH is 1. The Morgan fingerprint density at radius 1 is 1.35 bits per heavy atom. The number of aliphatic hydroxyl groups is 1. The van der Waals surface area contributed by atoms with Crippen molar-refractivity contribution in [3.63, 3.8) is 0 Å². The second-order valence-electron chi connectivity index (χ2n) is 5.61. The molecule has 20 heavy (non-hydrogen) atoms. The summed E-state index contributed by atoms with van der Waals surface area (Å²) in [5.41, 5.74) is 0.804. The fourth-order valence-corrected chi connectivity index (χ4v) is 3.80. The van der Waals surface area contributed by atoms with E-state index in [0.29, 0.717) is 12.2 Å². The van der Waals surface area contributed by atoms with Gasteiger partial charge in [0.25, 0.3) is 0 Å². The fraction of sp³-hybridized carbons (Fsp3) is 0.600. The first-order valence-corrected chi connectivity index (χ1v) is 8.95. The molecule has 2 rings (SSSR count). The molecule has 0 bridgehead atoms. The Kier molecular flexibility index (Phi) is 4.70. The van der Waals surface area contributed by atoms with Crippen LogP contribution in [0.4, 0.5) is 0 Å². The van der Waals surface area contributed by atoms with E-state index in [1.54, 1.807) is 6.92 Å². The summed E-state index contributed by atoms with van der Waals surface area (Å²) in [4.78, 5) is 0. The molecule has 0 aromatic heterocycles. The standard InChI is InChI=1S/C15H22O4S/c1-11(16)12-5-3-6-13(9-12)19-14-7-4-8-15(10-14)20(2,17)18/h3,5-6,9,11,14-16H,4,7-8,10H2,1-2H3. The van der Waals surface area contributed by atoms with Gasteiger partial charge in [-0.1, -0.05) is 12.1 Å². The van der Waals surface area contributed by atoms with Crippen molar-refractivity contribution >= 4 is 9.84 Å². The van der Waals surface area contributed by atoms with Crippen LogP contribution in [0, 0.1) is 0 Å². The fourth-order valence-electron chi connectivity index (χ4n) is 2.64. The van der Waals surface area contributed by atoms with E-state index in [9.17, 15) is 13.5 Å². The molecule has 1 aliphatic carbocycles. The SMILES string of the molecule is CC(O)c1cccc(OC2CCCC(S(C)(=O)=O)C2)c1. The third-order valence-electron chi connectivity index (χ3n) is 3.83. The van der Waals surface area contributed by atoms with Gasteiger partial charge in [-0.25, -0.2) is 8.42 Å². The molecule has 1 saturated carbocycles. The molecular formula is C15H22O4S. The summed E-state index contributed by atoms with van der Waals surface area (Å²) < 4.78 is 29.2. The van der Waals surface area contributed by atoms with Gasteiger partial charge in [0.1, 0.15) is 15.6 Å². The highest BCUT2D eigenvalue weighted by molar-refractivity contribution is 7.91. The summed E-state index contributed by atoms with van der Waals surface area (Å²) in [5.74, 6) is 0.697. The van der Waals surface area contributed by atoms with Gasteiger partial charge in [-0.15, -0.1) is 0 Å². The summed E-state index contributed by atoms with van der Waals surface area (Å²) >= 11 is 0. The van der Waals surface area contributed by atoms with E-state index in [0.717, 1.165) is 24.8 Å². The molecule has 4 nitrogen and oxygen atoms in total. The Bertz CT molecular complexity index is 551. The van der Waals surface area contributed by atoms with Crippen LogP contribution in [0.15, 0.2) is 24.3 Å². The van der Waals surface area contributed by atoms with Gasteiger partial charge in [-0.3, -0.25) is 0 Å². The lowest BCUT2D eigenvalue weighted by molar-refractivity contribution is 0.154. The van der Waals surface area contributed by atoms with Crippen molar-refractivity contribution in [3.05, 3.63) is 29.8 Å². The average Bonchev–Trinajstić information content (AvgIpc) is 2.38. The van der Waals surface area contributed by atoms with E-state index >= 15 is 0 Å². The highest BCUT2D eigenvalue weighted by Crippen LogP contribution is 2.28. The molecule has 0 spiro atoms. The van der Waals surface area contributed by atoms with Gasteiger partial charge in [0.15, 0.2) is 0 Å². The summed E-state index contributed by atoms with van der Waals surface area (Å²) in [6, 6.07) is 7.34. The van der Waals surface area contributed by atoms with Crippen LogP contribution in [0.25, 0.3) is 0 Å². The van der Waals surface area contributed by atoms with Crippen molar-refractivity contribution in [1.29, 1.82) is 0 Å². The van der Waals surface area contributed by atoms with Gasteiger partial charge in [-0.2, -0.15) is 0 Å². The number of benzene rings is 1. The Hall–Kier alpha value is -1.07. The minimum absolute atomic E-state index is 0.0623. The molecule has 1 fully saturated rings. The van der Waals surface area contributed by atoms with E-state index < -0.39 is 15.9 Å². The summed E-state index contributed by atoms with van der Waals surface area (Å²) in [7, 11) is -2.99. The highest BCUT2D eigenvalue weighted by Gasteiger charge is 2.29. The first-order valence-electron chi connectivity index (χ1n) is 7.00. The zero-order valence-electron chi connectivity index (χ0n) is 12.0. The zero-order chi connectivity index (χ0) is 14.8. The zero-order valence-corrected chi connectivity index (χ0v) is 12.8. The average molecular weight is 298 g/mol. The van der Waals surface area contributed by atoms with Gasteiger partial charge in [0.2, 0.25) is 0 Å². The van der Waals surface area contributed by atoms with Crippen molar-refractivity contribution in [3.8, 4) is 5.75 Å². The number of ether oxygens (including phenoxy) is 1. The van der Waals surface area contributed by atoms with E-state index in [1.165, 1.54) is 6.26 Å². The molecule has 3 unspecified atom stereocenters. The van der Waals surface area contributed by atoms with E-state index in [-0.39, 0.29) is 11.4 Å². The third kappa shape index (κ3) is 3.96. The van der Waals surface area contributed by atoms with Crippen LogP contribution in [-0.2, 0) is 9.84 Å². The molecule has 1 N–H and O–H groups in total. The first kappa shape index (κ1) is 15.3. The Morgan fingerprint density at radius 2 is 2.10 bits per heavy atom. The molecule has 0 amide bonds. The van der Waals surface area contributed by atoms with E-state index in [2.05, 4.69) is 0 Å². The highest BCUT2D eigenvalue weighted by atomic mass is 32.2. The maximum absolute atomic E-state index is 11.6. The minimum atomic E-state index is -2.99. The number of hydrogen-bond donors (Lipinski definition) is 1. The monoisotopic (exact) mass is 298 g/mol. The normalized spacial score (nSPS) is 25.1. The number of hydrogen-bond acceptors (Lipinski definition) is 4. The first-order chi connectivity index (χ1) is 9.36. The van der Waals surface area contributed by atoms with Gasteiger partial charge >= 0.3 is 0 Å². The summed E-state index contributed by atoms with van der Waals surface area (Å²) in [6.07, 6.45) is 3.74. The van der Waals surface area contributed by atoms with Crippen LogP contribution >= 0.6 is 0 Å². The van der Waals surface area contributed by atoms with Crippen molar-refractivity contribution in [2.45, 2.75) is 50.1 Å². The predicted molar refractivity (Wildman–Crippen MR) is 78.6 cm³/mol. The smallest absolute Gasteiger partial charge is 0.150 e. The molecule has 112 valence electrons. The maximum atomic E-state index is 11.6. The van der Waals surface area contributed by atoms with Crippen molar-refractivity contribution < 1.29 is 18.3 Å². The van der Waals surface area contributed by atoms with Crippen molar-refractivity contribution in [1.82, 2.24) is 0 Å². The van der Waals surface area contributed by atoms with Crippen LogP contribution in [0.3, 0.4) is 0 Å². The molecular weight excluding hydrogens is 276 g/mol. The number of rotatable bonds is 4. The largest absolute Gasteiger partial charge is 0.490 e. The predicted octanol–water partition coefficient (Wildman–Crippen LogP) is 2.47. The van der Waals surface area contributed by atoms with Gasteiger partial charge in [-0.05, 0) is 43.9 Å². The Morgan fingerprint density at radius 3 is 2.75 bits per heavy atom. The van der Waals surface area contributed by atoms with Crippen LogP contribution < -0.4 is 4.74 Å². The maximum Gasteiger partial charge on any atom is 0.150 e. The van der Waals surface area contributed by atoms with Gasteiger partial charge in [0.05, 0.1) is 17.5 Å². The molecule has 0 radical (unpaired) electrons. The van der Waals surface area contributed by atoms with Crippen LogP contribution in [0.5, 0.6) is 5.75 Å².